The first-order chi connectivity index (χ1) is 20.3. The van der Waals surface area contributed by atoms with Gasteiger partial charge in [0.05, 0.1) is 31.0 Å². The number of carbonyl (C=O) groups excluding carboxylic acids is 1. The van der Waals surface area contributed by atoms with Crippen molar-refractivity contribution in [3.05, 3.63) is 124 Å². The molecule has 42 heavy (non-hydrogen) atoms. The minimum atomic E-state index is -0.966. The molecule has 0 aliphatic heterocycles. The molecule has 0 atom stereocenters. The lowest BCUT2D eigenvalue weighted by Crippen LogP contribution is -2.25. The van der Waals surface area contributed by atoms with E-state index in [4.69, 9.17) is 33.4 Å². The van der Waals surface area contributed by atoms with E-state index in [0.29, 0.717) is 27.8 Å². The van der Waals surface area contributed by atoms with Crippen LogP contribution < -0.4 is 5.32 Å². The first-order valence-corrected chi connectivity index (χ1v) is 14.0. The Bertz CT molecular complexity index is 1690. The van der Waals surface area contributed by atoms with Gasteiger partial charge >= 0.3 is 5.97 Å². The molecular weight excluding hydrogens is 573 g/mol. The fourth-order valence-corrected chi connectivity index (χ4v) is 5.09. The van der Waals surface area contributed by atoms with Crippen LogP contribution in [0.3, 0.4) is 0 Å². The average Bonchev–Trinajstić information content (AvgIpc) is 3.41. The third-order valence-electron chi connectivity index (χ3n) is 6.76. The summed E-state index contributed by atoms with van der Waals surface area (Å²) in [6.07, 6.45) is -0.136. The molecule has 0 bridgehead atoms. The van der Waals surface area contributed by atoms with Gasteiger partial charge in [-0.3, -0.25) is 14.3 Å². The second-order valence-electron chi connectivity index (χ2n) is 9.76. The highest BCUT2D eigenvalue weighted by molar-refractivity contribution is 6.35. The monoisotopic (exact) mass is 599 g/mol. The first-order valence-electron chi connectivity index (χ1n) is 13.2. The van der Waals surface area contributed by atoms with Crippen molar-refractivity contribution < 1.29 is 19.8 Å². The van der Waals surface area contributed by atoms with Gasteiger partial charge in [0.25, 0.3) is 5.91 Å². The van der Waals surface area contributed by atoms with Crippen molar-refractivity contribution >= 4 is 35.1 Å². The summed E-state index contributed by atoms with van der Waals surface area (Å²) in [4.78, 5) is 23.1. The number of aliphatic hydroxyl groups is 1. The maximum absolute atomic E-state index is 12.4. The fraction of sp³-hybridized carbons (Fsp3) is 0.121. The molecule has 0 radical (unpaired) electrons. The zero-order chi connectivity index (χ0) is 29.6. The molecule has 5 rings (SSSR count). The SMILES string of the molecule is O=C(O)CCNC(=O)c1ccc(Cn2nc(-c3cc(Cl)cc(Cl)c3)cc2-c2ccc(-c3ccc(CO)cc3)cc2)cc1. The van der Waals surface area contributed by atoms with Crippen LogP contribution in [0.25, 0.3) is 33.6 Å². The van der Waals surface area contributed by atoms with Gasteiger partial charge in [0.1, 0.15) is 0 Å². The van der Waals surface area contributed by atoms with E-state index < -0.39 is 5.97 Å². The minimum absolute atomic E-state index is 0.00605. The zero-order valence-corrected chi connectivity index (χ0v) is 23.9. The molecular formula is C33H27Cl2N3O4. The van der Waals surface area contributed by atoms with Crippen LogP contribution in [-0.2, 0) is 17.9 Å². The van der Waals surface area contributed by atoms with E-state index in [-0.39, 0.29) is 25.5 Å². The molecule has 0 unspecified atom stereocenters. The Morgan fingerprint density at radius 2 is 1.31 bits per heavy atom. The van der Waals surface area contributed by atoms with Crippen LogP contribution in [0.1, 0.15) is 27.9 Å². The highest BCUT2D eigenvalue weighted by Gasteiger charge is 2.14. The quantitative estimate of drug-likeness (QED) is 0.161. The second-order valence-corrected chi connectivity index (χ2v) is 10.6. The van der Waals surface area contributed by atoms with Crippen molar-refractivity contribution in [3.63, 3.8) is 0 Å². The molecule has 1 amide bonds. The molecule has 5 aromatic rings. The molecule has 0 saturated carbocycles. The Hall–Kier alpha value is -4.43. The summed E-state index contributed by atoms with van der Waals surface area (Å²) in [5.41, 5.74) is 7.70. The van der Waals surface area contributed by atoms with Crippen molar-refractivity contribution in [3.8, 4) is 33.6 Å². The van der Waals surface area contributed by atoms with Crippen LogP contribution in [0.15, 0.2) is 97.1 Å². The molecule has 0 fully saturated rings. The van der Waals surface area contributed by atoms with E-state index >= 15 is 0 Å². The Morgan fingerprint density at radius 1 is 0.738 bits per heavy atom. The van der Waals surface area contributed by atoms with Gasteiger partial charge in [0.2, 0.25) is 0 Å². The number of carbonyl (C=O) groups is 2. The Balaban J connectivity index is 1.44. The first kappa shape index (κ1) is 29.1. The van der Waals surface area contributed by atoms with Gasteiger partial charge in [0, 0.05) is 27.7 Å². The van der Waals surface area contributed by atoms with E-state index in [9.17, 15) is 14.7 Å². The van der Waals surface area contributed by atoms with Gasteiger partial charge in [-0.1, -0.05) is 83.9 Å². The maximum atomic E-state index is 12.4. The second kappa shape index (κ2) is 13.0. The summed E-state index contributed by atoms with van der Waals surface area (Å²) in [6.45, 7) is 0.511. The van der Waals surface area contributed by atoms with E-state index in [2.05, 4.69) is 5.32 Å². The lowest BCUT2D eigenvalue weighted by molar-refractivity contribution is -0.136. The third kappa shape index (κ3) is 7.06. The van der Waals surface area contributed by atoms with E-state index in [1.165, 1.54) is 0 Å². The molecule has 7 nitrogen and oxygen atoms in total. The van der Waals surface area contributed by atoms with Gasteiger partial charge in [-0.25, -0.2) is 0 Å². The summed E-state index contributed by atoms with van der Waals surface area (Å²) >= 11 is 12.6. The number of hydrogen-bond donors (Lipinski definition) is 3. The molecule has 0 saturated heterocycles. The maximum Gasteiger partial charge on any atom is 0.305 e. The molecule has 1 aromatic heterocycles. The number of rotatable bonds is 10. The van der Waals surface area contributed by atoms with Gasteiger partial charge in [-0.05, 0) is 64.2 Å². The summed E-state index contributed by atoms with van der Waals surface area (Å²) in [5, 5.41) is 26.7. The fourth-order valence-electron chi connectivity index (χ4n) is 4.57. The number of aliphatic carboxylic acids is 1. The number of nitrogens with zero attached hydrogens (tertiary/aromatic N) is 2. The van der Waals surface area contributed by atoms with Gasteiger partial charge in [-0.2, -0.15) is 5.10 Å². The van der Waals surface area contributed by atoms with Crippen molar-refractivity contribution in [1.82, 2.24) is 15.1 Å². The van der Waals surface area contributed by atoms with Crippen LogP contribution >= 0.6 is 23.2 Å². The topological polar surface area (TPSA) is 104 Å². The minimum Gasteiger partial charge on any atom is -0.481 e. The number of carboxylic acid groups (broad SMARTS) is 1. The Labute approximate surface area is 253 Å². The number of carboxylic acids is 1. The standard InChI is InChI=1S/C33H27Cl2N3O4/c34-28-15-27(16-29(35)17-28)30-18-31(25-11-9-24(10-12-25)23-5-3-22(20-39)4-6-23)38(37-30)19-21-1-7-26(8-2-21)33(42)36-14-13-32(40)41/h1-12,15-18,39H,13-14,19-20H2,(H,36,42)(H,40,41). The smallest absolute Gasteiger partial charge is 0.305 e. The number of aromatic nitrogens is 2. The number of benzene rings is 4. The number of amides is 1. The van der Waals surface area contributed by atoms with Gasteiger partial charge in [-0.15, -0.1) is 0 Å². The van der Waals surface area contributed by atoms with Gasteiger partial charge < -0.3 is 15.5 Å². The molecule has 0 aliphatic rings. The number of halogens is 2. The summed E-state index contributed by atoms with van der Waals surface area (Å²) in [7, 11) is 0. The van der Waals surface area contributed by atoms with Crippen LogP contribution in [0, 0.1) is 0 Å². The number of nitrogens with one attached hydrogen (secondary N) is 1. The molecule has 9 heteroatoms. The van der Waals surface area contributed by atoms with Crippen molar-refractivity contribution in [2.75, 3.05) is 6.54 Å². The number of aliphatic hydroxyl groups excluding tert-OH is 1. The zero-order valence-electron chi connectivity index (χ0n) is 22.4. The van der Waals surface area contributed by atoms with E-state index in [0.717, 1.165) is 39.1 Å². The highest BCUT2D eigenvalue weighted by atomic mass is 35.5. The molecule has 0 aliphatic carbocycles. The molecule has 3 N–H and O–H groups in total. The third-order valence-corrected chi connectivity index (χ3v) is 7.20. The van der Waals surface area contributed by atoms with Crippen molar-refractivity contribution in [1.29, 1.82) is 0 Å². The van der Waals surface area contributed by atoms with Crippen LogP contribution in [0.5, 0.6) is 0 Å². The van der Waals surface area contributed by atoms with Crippen LogP contribution in [0.2, 0.25) is 10.0 Å². The van der Waals surface area contributed by atoms with Gasteiger partial charge in [0.15, 0.2) is 0 Å². The average molecular weight is 601 g/mol. The number of hydrogen-bond acceptors (Lipinski definition) is 4. The van der Waals surface area contributed by atoms with Crippen molar-refractivity contribution in [2.45, 2.75) is 19.6 Å². The van der Waals surface area contributed by atoms with E-state index in [1.807, 2.05) is 83.5 Å². The molecule has 212 valence electrons. The van der Waals surface area contributed by atoms with Crippen LogP contribution in [-0.4, -0.2) is 38.4 Å². The molecule has 4 aromatic carbocycles. The normalized spacial score (nSPS) is 10.9. The lowest BCUT2D eigenvalue weighted by atomic mass is 10.0. The predicted octanol–water partition coefficient (Wildman–Crippen LogP) is 6.94. The summed E-state index contributed by atoms with van der Waals surface area (Å²) in [6, 6.07) is 30.4. The summed E-state index contributed by atoms with van der Waals surface area (Å²) < 4.78 is 1.90. The lowest BCUT2D eigenvalue weighted by Gasteiger charge is -2.10. The Kier molecular flexibility index (Phi) is 9.03. The Morgan fingerprint density at radius 3 is 1.90 bits per heavy atom. The summed E-state index contributed by atoms with van der Waals surface area (Å²) in [5.74, 6) is -1.29. The molecule has 1 heterocycles. The molecule has 0 spiro atoms. The highest BCUT2D eigenvalue weighted by Crippen LogP contribution is 2.32. The van der Waals surface area contributed by atoms with Crippen molar-refractivity contribution in [2.24, 2.45) is 0 Å². The predicted molar refractivity (Wildman–Crippen MR) is 165 cm³/mol. The van der Waals surface area contributed by atoms with E-state index in [1.54, 1.807) is 18.2 Å². The van der Waals surface area contributed by atoms with Crippen LogP contribution in [0.4, 0.5) is 0 Å². The largest absolute Gasteiger partial charge is 0.481 e.